The predicted octanol–water partition coefficient (Wildman–Crippen LogP) is 2.67. The SMILES string of the molecule is CC1(C)CC(=O)Nc2cc3c(cc2O1)CCC3. The van der Waals surface area contributed by atoms with Gasteiger partial charge in [-0.05, 0) is 56.4 Å². The lowest BCUT2D eigenvalue weighted by atomic mass is 10.1. The van der Waals surface area contributed by atoms with Gasteiger partial charge in [-0.2, -0.15) is 0 Å². The van der Waals surface area contributed by atoms with Gasteiger partial charge in [0.1, 0.15) is 11.4 Å². The molecule has 0 saturated heterocycles. The Bertz CT molecular complexity index is 491. The van der Waals surface area contributed by atoms with Crippen molar-refractivity contribution in [1.82, 2.24) is 0 Å². The smallest absolute Gasteiger partial charge is 0.228 e. The van der Waals surface area contributed by atoms with Gasteiger partial charge in [0.15, 0.2) is 0 Å². The van der Waals surface area contributed by atoms with Crippen molar-refractivity contribution in [1.29, 1.82) is 0 Å². The standard InChI is InChI=1S/C14H17NO2/c1-14(2)8-13(16)15-11-6-9-4-3-5-10(9)7-12(11)17-14/h6-7H,3-5,8H2,1-2H3,(H,15,16). The Morgan fingerprint density at radius 1 is 1.24 bits per heavy atom. The topological polar surface area (TPSA) is 38.3 Å². The van der Waals surface area contributed by atoms with Gasteiger partial charge in [0.25, 0.3) is 0 Å². The first-order valence-corrected chi connectivity index (χ1v) is 6.18. The number of ether oxygens (including phenoxy) is 1. The second kappa shape index (κ2) is 3.49. The third-order valence-electron chi connectivity index (χ3n) is 3.44. The van der Waals surface area contributed by atoms with Crippen molar-refractivity contribution < 1.29 is 9.53 Å². The maximum absolute atomic E-state index is 11.8. The molecule has 1 aromatic rings. The molecule has 0 fully saturated rings. The van der Waals surface area contributed by atoms with Crippen molar-refractivity contribution >= 4 is 11.6 Å². The average Bonchev–Trinajstić information content (AvgIpc) is 2.58. The molecule has 17 heavy (non-hydrogen) atoms. The van der Waals surface area contributed by atoms with Crippen molar-refractivity contribution in [3.8, 4) is 5.75 Å². The summed E-state index contributed by atoms with van der Waals surface area (Å²) in [5.41, 5.74) is 3.13. The molecule has 90 valence electrons. The van der Waals surface area contributed by atoms with Gasteiger partial charge in [0.2, 0.25) is 5.91 Å². The van der Waals surface area contributed by atoms with Gasteiger partial charge in [-0.3, -0.25) is 4.79 Å². The van der Waals surface area contributed by atoms with Crippen molar-refractivity contribution in [2.24, 2.45) is 0 Å². The van der Waals surface area contributed by atoms with Crippen LogP contribution in [0.3, 0.4) is 0 Å². The monoisotopic (exact) mass is 231 g/mol. The third kappa shape index (κ3) is 1.90. The summed E-state index contributed by atoms with van der Waals surface area (Å²) in [6, 6.07) is 4.18. The van der Waals surface area contributed by atoms with E-state index in [4.69, 9.17) is 4.74 Å². The first-order valence-electron chi connectivity index (χ1n) is 6.18. The number of hydrogen-bond donors (Lipinski definition) is 1. The summed E-state index contributed by atoms with van der Waals surface area (Å²) >= 11 is 0. The fourth-order valence-corrected chi connectivity index (χ4v) is 2.70. The summed E-state index contributed by atoms with van der Waals surface area (Å²) in [6.45, 7) is 3.91. The first-order chi connectivity index (χ1) is 8.03. The maximum Gasteiger partial charge on any atom is 0.228 e. The first kappa shape index (κ1) is 10.6. The minimum absolute atomic E-state index is 0.0340. The highest BCUT2D eigenvalue weighted by molar-refractivity contribution is 5.94. The molecule has 0 aromatic heterocycles. The lowest BCUT2D eigenvalue weighted by Crippen LogP contribution is -2.30. The number of amides is 1. The Hall–Kier alpha value is -1.51. The molecule has 3 rings (SSSR count). The summed E-state index contributed by atoms with van der Waals surface area (Å²) in [7, 11) is 0. The van der Waals surface area contributed by atoms with Crippen LogP contribution in [-0.2, 0) is 17.6 Å². The van der Waals surface area contributed by atoms with Gasteiger partial charge in [-0.1, -0.05) is 0 Å². The highest BCUT2D eigenvalue weighted by Gasteiger charge is 2.30. The van der Waals surface area contributed by atoms with E-state index in [0.717, 1.165) is 24.3 Å². The van der Waals surface area contributed by atoms with Crippen LogP contribution < -0.4 is 10.1 Å². The zero-order valence-electron chi connectivity index (χ0n) is 10.3. The van der Waals surface area contributed by atoms with Crippen LogP contribution in [0.2, 0.25) is 0 Å². The Balaban J connectivity index is 2.08. The number of rotatable bonds is 0. The second-order valence-electron chi connectivity index (χ2n) is 5.56. The molecule has 1 aliphatic carbocycles. The molecule has 3 nitrogen and oxygen atoms in total. The summed E-state index contributed by atoms with van der Waals surface area (Å²) in [4.78, 5) is 11.8. The number of nitrogens with one attached hydrogen (secondary N) is 1. The molecule has 2 aliphatic rings. The lowest BCUT2D eigenvalue weighted by Gasteiger charge is -2.23. The van der Waals surface area contributed by atoms with E-state index in [1.807, 2.05) is 13.8 Å². The van der Waals surface area contributed by atoms with Crippen LogP contribution in [0.15, 0.2) is 12.1 Å². The fourth-order valence-electron chi connectivity index (χ4n) is 2.70. The maximum atomic E-state index is 11.8. The number of carbonyl (C=O) groups excluding carboxylic acids is 1. The number of aryl methyl sites for hydroxylation is 2. The average molecular weight is 231 g/mol. The molecule has 0 atom stereocenters. The molecule has 0 saturated carbocycles. The van der Waals surface area contributed by atoms with Gasteiger partial charge in [-0.25, -0.2) is 0 Å². The second-order valence-corrected chi connectivity index (χ2v) is 5.56. The molecule has 1 heterocycles. The zero-order valence-corrected chi connectivity index (χ0v) is 10.3. The highest BCUT2D eigenvalue weighted by atomic mass is 16.5. The normalized spacial score (nSPS) is 20.9. The van der Waals surface area contributed by atoms with Crippen LogP contribution in [-0.4, -0.2) is 11.5 Å². The molecule has 0 spiro atoms. The van der Waals surface area contributed by atoms with Crippen LogP contribution in [0.1, 0.15) is 37.8 Å². The van der Waals surface area contributed by atoms with Gasteiger partial charge in [-0.15, -0.1) is 0 Å². The van der Waals surface area contributed by atoms with E-state index in [1.54, 1.807) is 0 Å². The van der Waals surface area contributed by atoms with Gasteiger partial charge >= 0.3 is 0 Å². The Labute approximate surface area is 101 Å². The van der Waals surface area contributed by atoms with E-state index >= 15 is 0 Å². The van der Waals surface area contributed by atoms with E-state index in [9.17, 15) is 4.79 Å². The molecule has 3 heteroatoms. The van der Waals surface area contributed by atoms with Crippen LogP contribution >= 0.6 is 0 Å². The summed E-state index contributed by atoms with van der Waals surface area (Å²) < 4.78 is 5.96. The quantitative estimate of drug-likeness (QED) is 0.745. The van der Waals surface area contributed by atoms with E-state index < -0.39 is 5.60 Å². The number of fused-ring (bicyclic) bond motifs is 2. The van der Waals surface area contributed by atoms with Crippen LogP contribution in [0.4, 0.5) is 5.69 Å². The zero-order chi connectivity index (χ0) is 12.0. The molecule has 1 aliphatic heterocycles. The molecule has 0 unspecified atom stereocenters. The number of hydrogen-bond acceptors (Lipinski definition) is 2. The third-order valence-corrected chi connectivity index (χ3v) is 3.44. The van der Waals surface area contributed by atoms with Gasteiger partial charge in [0.05, 0.1) is 12.1 Å². The van der Waals surface area contributed by atoms with E-state index in [0.29, 0.717) is 6.42 Å². The number of carbonyl (C=O) groups is 1. The highest BCUT2D eigenvalue weighted by Crippen LogP contribution is 2.37. The van der Waals surface area contributed by atoms with Gasteiger partial charge in [0, 0.05) is 0 Å². The van der Waals surface area contributed by atoms with Crippen LogP contribution in [0.25, 0.3) is 0 Å². The van der Waals surface area contributed by atoms with Crippen LogP contribution in [0, 0.1) is 0 Å². The molecule has 1 N–H and O–H groups in total. The Morgan fingerprint density at radius 3 is 2.71 bits per heavy atom. The van der Waals surface area contributed by atoms with E-state index in [1.165, 1.54) is 17.5 Å². The Morgan fingerprint density at radius 2 is 1.94 bits per heavy atom. The van der Waals surface area contributed by atoms with Gasteiger partial charge < -0.3 is 10.1 Å². The van der Waals surface area contributed by atoms with E-state index in [2.05, 4.69) is 17.4 Å². The summed E-state index contributed by atoms with van der Waals surface area (Å²) in [6.07, 6.45) is 3.84. The number of anilines is 1. The summed E-state index contributed by atoms with van der Waals surface area (Å²) in [5, 5.41) is 2.94. The van der Waals surface area contributed by atoms with Crippen molar-refractivity contribution in [2.75, 3.05) is 5.32 Å². The molecule has 1 aromatic carbocycles. The van der Waals surface area contributed by atoms with Crippen molar-refractivity contribution in [3.63, 3.8) is 0 Å². The molecular weight excluding hydrogens is 214 g/mol. The van der Waals surface area contributed by atoms with Crippen molar-refractivity contribution in [3.05, 3.63) is 23.3 Å². The molecule has 0 radical (unpaired) electrons. The fraction of sp³-hybridized carbons (Fsp3) is 0.500. The number of benzene rings is 1. The lowest BCUT2D eigenvalue weighted by molar-refractivity contribution is -0.118. The van der Waals surface area contributed by atoms with E-state index in [-0.39, 0.29) is 5.91 Å². The minimum atomic E-state index is -0.428. The molecule has 0 bridgehead atoms. The molecule has 1 amide bonds. The largest absolute Gasteiger partial charge is 0.485 e. The Kier molecular flexibility index (Phi) is 2.18. The van der Waals surface area contributed by atoms with Crippen LogP contribution in [0.5, 0.6) is 5.75 Å². The summed E-state index contributed by atoms with van der Waals surface area (Å²) in [5.74, 6) is 0.855. The van der Waals surface area contributed by atoms with Crippen molar-refractivity contribution in [2.45, 2.75) is 45.1 Å². The molecular formula is C14H17NO2. The minimum Gasteiger partial charge on any atom is -0.485 e. The predicted molar refractivity (Wildman–Crippen MR) is 66.4 cm³/mol.